The lowest BCUT2D eigenvalue weighted by Gasteiger charge is -2.34. The Labute approximate surface area is 197 Å². The predicted molar refractivity (Wildman–Crippen MR) is 124 cm³/mol. The molecule has 1 aliphatic rings. The maximum absolute atomic E-state index is 13.4. The highest BCUT2D eigenvalue weighted by atomic mass is 32.2. The molecule has 1 heterocycles. The molecule has 0 atom stereocenters. The molecule has 178 valence electrons. The minimum atomic E-state index is -3.60. The van der Waals surface area contributed by atoms with Gasteiger partial charge >= 0.3 is 0 Å². The summed E-state index contributed by atoms with van der Waals surface area (Å²) in [5.41, 5.74) is 1.47. The van der Waals surface area contributed by atoms with E-state index in [0.717, 1.165) is 11.1 Å². The van der Waals surface area contributed by atoms with Gasteiger partial charge in [0, 0.05) is 26.2 Å². The molecule has 3 aromatic rings. The van der Waals surface area contributed by atoms with E-state index in [1.807, 2.05) is 0 Å². The number of hydrogen-bond donors (Lipinski definition) is 1. The van der Waals surface area contributed by atoms with Crippen LogP contribution in [0.4, 0.5) is 8.78 Å². The van der Waals surface area contributed by atoms with Crippen LogP contribution in [0.5, 0.6) is 0 Å². The lowest BCUT2D eigenvalue weighted by molar-refractivity contribution is -0.131. The number of halogens is 2. The molecule has 1 amide bonds. The summed E-state index contributed by atoms with van der Waals surface area (Å²) in [4.78, 5) is 14.7. The van der Waals surface area contributed by atoms with E-state index in [-0.39, 0.29) is 55.2 Å². The third kappa shape index (κ3) is 5.49. The Morgan fingerprint density at radius 1 is 0.794 bits per heavy atom. The van der Waals surface area contributed by atoms with Crippen molar-refractivity contribution in [1.29, 1.82) is 0 Å². The summed E-state index contributed by atoms with van der Waals surface area (Å²) in [6.07, 6.45) is 0. The number of nitrogens with one attached hydrogen (secondary N) is 1. The number of nitrogens with zero attached hydrogens (tertiary/aromatic N) is 2. The number of sulfonamides is 1. The normalized spacial score (nSPS) is 15.0. The van der Waals surface area contributed by atoms with Crippen molar-refractivity contribution >= 4 is 15.9 Å². The Bertz CT molecular complexity index is 1170. The van der Waals surface area contributed by atoms with Crippen LogP contribution in [0.25, 0.3) is 0 Å². The molecule has 0 bridgehead atoms. The van der Waals surface area contributed by atoms with Gasteiger partial charge in [0.2, 0.25) is 15.9 Å². The van der Waals surface area contributed by atoms with Gasteiger partial charge in [-0.3, -0.25) is 10.1 Å². The van der Waals surface area contributed by atoms with Crippen molar-refractivity contribution in [3.8, 4) is 0 Å². The van der Waals surface area contributed by atoms with Gasteiger partial charge < -0.3 is 4.90 Å². The van der Waals surface area contributed by atoms with Gasteiger partial charge in [-0.15, -0.1) is 0 Å². The molecule has 0 saturated carbocycles. The summed E-state index contributed by atoms with van der Waals surface area (Å²) >= 11 is 0. The fourth-order valence-corrected chi connectivity index (χ4v) is 5.40. The summed E-state index contributed by atoms with van der Waals surface area (Å²) in [6, 6.07) is 19.6. The average molecular weight is 486 g/mol. The Balaban J connectivity index is 1.39. The van der Waals surface area contributed by atoms with Gasteiger partial charge in [0.05, 0.1) is 17.5 Å². The van der Waals surface area contributed by atoms with Crippen LogP contribution in [0, 0.1) is 11.6 Å². The van der Waals surface area contributed by atoms with E-state index in [0.29, 0.717) is 0 Å². The lowest BCUT2D eigenvalue weighted by atomic mass is 9.98. The van der Waals surface area contributed by atoms with Gasteiger partial charge in [-0.2, -0.15) is 4.31 Å². The number of piperazine rings is 1. The van der Waals surface area contributed by atoms with Gasteiger partial charge in [0.1, 0.15) is 11.6 Å². The van der Waals surface area contributed by atoms with Crippen molar-refractivity contribution in [2.75, 3.05) is 32.7 Å². The first kappa shape index (κ1) is 24.0. The number of benzene rings is 3. The quantitative estimate of drug-likeness (QED) is 0.558. The molecule has 0 spiro atoms. The van der Waals surface area contributed by atoms with Crippen molar-refractivity contribution in [2.45, 2.75) is 10.9 Å². The molecule has 1 fully saturated rings. The number of carbonyl (C=O) groups excluding carboxylic acids is 1. The van der Waals surface area contributed by atoms with Crippen molar-refractivity contribution in [3.05, 3.63) is 102 Å². The van der Waals surface area contributed by atoms with Gasteiger partial charge in [-0.1, -0.05) is 42.5 Å². The molecule has 0 aromatic heterocycles. The largest absolute Gasteiger partial charge is 0.339 e. The number of carbonyl (C=O) groups is 1. The predicted octanol–water partition coefficient (Wildman–Crippen LogP) is 3.18. The van der Waals surface area contributed by atoms with Crippen LogP contribution in [0.15, 0.2) is 83.8 Å². The number of hydrogen-bond acceptors (Lipinski definition) is 4. The second-order valence-corrected chi connectivity index (χ2v) is 9.95. The zero-order valence-electron chi connectivity index (χ0n) is 18.4. The zero-order chi connectivity index (χ0) is 24.1. The summed E-state index contributed by atoms with van der Waals surface area (Å²) in [7, 11) is -3.60. The summed E-state index contributed by atoms with van der Waals surface area (Å²) in [5, 5.41) is 3.19. The molecule has 34 heavy (non-hydrogen) atoms. The van der Waals surface area contributed by atoms with E-state index in [1.54, 1.807) is 59.5 Å². The van der Waals surface area contributed by atoms with Crippen LogP contribution in [0.2, 0.25) is 0 Å². The van der Waals surface area contributed by atoms with Gasteiger partial charge in [0.15, 0.2) is 0 Å². The molecular weight excluding hydrogens is 460 g/mol. The number of amides is 1. The van der Waals surface area contributed by atoms with Crippen LogP contribution < -0.4 is 5.32 Å². The Morgan fingerprint density at radius 3 is 1.79 bits per heavy atom. The SMILES string of the molecule is O=C(CNC(c1ccc(F)cc1)c1ccc(F)cc1)N1CCN(S(=O)(=O)c2ccccc2)CC1. The minimum absolute atomic E-state index is 0.00907. The van der Waals surface area contributed by atoms with Gasteiger partial charge in [0.25, 0.3) is 0 Å². The minimum Gasteiger partial charge on any atom is -0.339 e. The standard InChI is InChI=1S/C25H25F2N3O3S/c26-21-10-6-19(7-11-21)25(20-8-12-22(27)13-9-20)28-18-24(31)29-14-16-30(17-15-29)34(32,33)23-4-2-1-3-5-23/h1-13,25,28H,14-18H2. The lowest BCUT2D eigenvalue weighted by Crippen LogP contribution is -2.52. The third-order valence-corrected chi connectivity index (χ3v) is 7.75. The fourth-order valence-electron chi connectivity index (χ4n) is 3.96. The monoisotopic (exact) mass is 485 g/mol. The van der Waals surface area contributed by atoms with Crippen LogP contribution in [0.1, 0.15) is 17.2 Å². The molecule has 9 heteroatoms. The first-order valence-corrected chi connectivity index (χ1v) is 12.4. The first-order chi connectivity index (χ1) is 16.3. The molecule has 0 aliphatic carbocycles. The Kier molecular flexibility index (Phi) is 7.35. The van der Waals surface area contributed by atoms with Crippen molar-refractivity contribution in [3.63, 3.8) is 0 Å². The molecule has 1 N–H and O–H groups in total. The molecular formula is C25H25F2N3O3S. The second-order valence-electron chi connectivity index (χ2n) is 8.01. The Hall–Kier alpha value is -3.14. The van der Waals surface area contributed by atoms with E-state index in [2.05, 4.69) is 5.32 Å². The van der Waals surface area contributed by atoms with E-state index in [4.69, 9.17) is 0 Å². The van der Waals surface area contributed by atoms with Crippen molar-refractivity contribution in [2.24, 2.45) is 0 Å². The van der Waals surface area contributed by atoms with E-state index in [1.165, 1.54) is 28.6 Å². The van der Waals surface area contributed by atoms with Crippen molar-refractivity contribution in [1.82, 2.24) is 14.5 Å². The summed E-state index contributed by atoms with van der Waals surface area (Å²) < 4.78 is 53.8. The van der Waals surface area contributed by atoms with Crippen LogP contribution in [-0.4, -0.2) is 56.3 Å². The maximum atomic E-state index is 13.4. The van der Waals surface area contributed by atoms with Crippen LogP contribution in [0.3, 0.4) is 0 Å². The van der Waals surface area contributed by atoms with E-state index >= 15 is 0 Å². The topological polar surface area (TPSA) is 69.7 Å². The molecule has 0 unspecified atom stereocenters. The summed E-state index contributed by atoms with van der Waals surface area (Å²) in [6.45, 7) is 0.976. The highest BCUT2D eigenvalue weighted by Gasteiger charge is 2.30. The van der Waals surface area contributed by atoms with E-state index in [9.17, 15) is 22.0 Å². The molecule has 1 aliphatic heterocycles. The molecule has 1 saturated heterocycles. The van der Waals surface area contributed by atoms with E-state index < -0.39 is 16.1 Å². The molecule has 3 aromatic carbocycles. The zero-order valence-corrected chi connectivity index (χ0v) is 19.2. The smallest absolute Gasteiger partial charge is 0.243 e. The highest BCUT2D eigenvalue weighted by Crippen LogP contribution is 2.23. The number of rotatable bonds is 7. The van der Waals surface area contributed by atoms with Crippen LogP contribution in [-0.2, 0) is 14.8 Å². The van der Waals surface area contributed by atoms with Gasteiger partial charge in [-0.25, -0.2) is 17.2 Å². The molecule has 0 radical (unpaired) electrons. The molecule has 6 nitrogen and oxygen atoms in total. The third-order valence-electron chi connectivity index (χ3n) is 5.84. The van der Waals surface area contributed by atoms with Gasteiger partial charge in [-0.05, 0) is 47.5 Å². The first-order valence-electron chi connectivity index (χ1n) is 10.9. The van der Waals surface area contributed by atoms with Crippen LogP contribution >= 0.6 is 0 Å². The molecule has 4 rings (SSSR count). The fraction of sp³-hybridized carbons (Fsp3) is 0.240. The second kappa shape index (κ2) is 10.4. The Morgan fingerprint density at radius 2 is 1.29 bits per heavy atom. The average Bonchev–Trinajstić information content (AvgIpc) is 2.86. The highest BCUT2D eigenvalue weighted by molar-refractivity contribution is 7.89. The van der Waals surface area contributed by atoms with Crippen molar-refractivity contribution < 1.29 is 22.0 Å². The maximum Gasteiger partial charge on any atom is 0.243 e. The summed E-state index contributed by atoms with van der Waals surface area (Å²) in [5.74, 6) is -0.923.